The summed E-state index contributed by atoms with van der Waals surface area (Å²) in [6, 6.07) is 14.4. The molecule has 0 aliphatic rings. The topological polar surface area (TPSA) is 127 Å². The van der Waals surface area contributed by atoms with E-state index < -0.39 is 0 Å². The summed E-state index contributed by atoms with van der Waals surface area (Å²) in [6.45, 7) is 4.10. The van der Waals surface area contributed by atoms with Crippen LogP contribution in [0.15, 0.2) is 58.9 Å². The highest BCUT2D eigenvalue weighted by atomic mass is 32.2. The number of thioether (sulfide) groups is 2. The van der Waals surface area contributed by atoms with Gasteiger partial charge in [-0.15, -0.1) is 23.5 Å². The molecule has 0 spiro atoms. The van der Waals surface area contributed by atoms with Crippen LogP contribution in [0.3, 0.4) is 0 Å². The van der Waals surface area contributed by atoms with E-state index in [2.05, 4.69) is 20.7 Å². The predicted molar refractivity (Wildman–Crippen MR) is 131 cm³/mol. The van der Waals surface area contributed by atoms with Gasteiger partial charge in [-0.05, 0) is 23.6 Å². The van der Waals surface area contributed by atoms with Crippen LogP contribution in [-0.2, 0) is 16.2 Å². The minimum Gasteiger partial charge on any atom is -0.389 e. The van der Waals surface area contributed by atoms with Crippen LogP contribution in [0, 0.1) is 10.9 Å². The van der Waals surface area contributed by atoms with Crippen molar-refractivity contribution >= 4 is 46.8 Å². The summed E-state index contributed by atoms with van der Waals surface area (Å²) in [5.74, 6) is 1.99. The van der Waals surface area contributed by atoms with E-state index >= 15 is 0 Å². The van der Waals surface area contributed by atoms with Gasteiger partial charge in [0, 0.05) is 12.6 Å². The number of likely N-dealkylation sites (N-methyl/N-ethyl adjacent to an activating group) is 1. The molecule has 2 aromatic rings. The van der Waals surface area contributed by atoms with Crippen molar-refractivity contribution in [3.8, 4) is 0 Å². The highest BCUT2D eigenvalue weighted by molar-refractivity contribution is 8.18. The summed E-state index contributed by atoms with van der Waals surface area (Å²) in [4.78, 5) is 22.4. The summed E-state index contributed by atoms with van der Waals surface area (Å²) in [5, 5.41) is 19.5. The first-order chi connectivity index (χ1) is 15.5. The number of benzene rings is 1. The number of hydrogen-bond donors (Lipinski definition) is 3. The van der Waals surface area contributed by atoms with E-state index in [1.54, 1.807) is 53.9 Å². The Hall–Kier alpha value is -2.92. The van der Waals surface area contributed by atoms with Gasteiger partial charge in [-0.25, -0.2) is 9.99 Å². The van der Waals surface area contributed by atoms with Gasteiger partial charge in [-0.2, -0.15) is 5.53 Å². The van der Waals surface area contributed by atoms with Gasteiger partial charge in [0.15, 0.2) is 18.2 Å². The Labute approximate surface area is 196 Å². The van der Waals surface area contributed by atoms with Gasteiger partial charge in [-0.1, -0.05) is 60.6 Å². The lowest BCUT2D eigenvalue weighted by Gasteiger charge is -2.15. The normalized spacial score (nSPS) is 11.2. The molecular formula is C21H27N7O2S2. The number of anilines is 1. The fourth-order valence-electron chi connectivity index (χ4n) is 2.51. The molecule has 1 amide bonds. The Balaban J connectivity index is 2.10. The van der Waals surface area contributed by atoms with Crippen molar-refractivity contribution in [1.29, 1.82) is 10.9 Å². The molecule has 9 nitrogen and oxygen atoms in total. The number of pyridine rings is 1. The number of nitrogens with one attached hydrogen (secondary N) is 3. The first-order valence-corrected chi connectivity index (χ1v) is 12.0. The van der Waals surface area contributed by atoms with Gasteiger partial charge < -0.3 is 10.2 Å². The Morgan fingerprint density at radius 1 is 1.16 bits per heavy atom. The summed E-state index contributed by atoms with van der Waals surface area (Å²) in [6.07, 6.45) is 0. The molecule has 0 aliphatic carbocycles. The van der Waals surface area contributed by atoms with Crippen LogP contribution in [0.5, 0.6) is 0 Å². The lowest BCUT2D eigenvalue weighted by Crippen LogP contribution is -2.29. The third-order valence-electron chi connectivity index (χ3n) is 4.02. The molecule has 1 aromatic heterocycles. The van der Waals surface area contributed by atoms with Crippen LogP contribution in [0.25, 0.3) is 0 Å². The van der Waals surface area contributed by atoms with E-state index in [4.69, 9.17) is 15.8 Å². The van der Waals surface area contributed by atoms with Gasteiger partial charge >= 0.3 is 0 Å². The molecule has 0 bridgehead atoms. The molecule has 2 rings (SSSR count). The Kier molecular flexibility index (Phi) is 10.7. The van der Waals surface area contributed by atoms with Crippen molar-refractivity contribution in [2.45, 2.75) is 25.0 Å². The standard InChI is InChI=1S/C21H27N7O2S2/c1-4-31-21(32-5-2)20(29)25-17-13-9-12-16(24-17)14-30-26-18(19(22)28(3)27-23)15-10-7-6-8-11-15/h6-13,21-23H,4-5,14H2,1-3H3,(H,24,25,29)/b22-19?,26-18-,27-23?. The van der Waals surface area contributed by atoms with Crippen molar-refractivity contribution in [2.24, 2.45) is 10.4 Å². The predicted octanol–water partition coefficient (Wildman–Crippen LogP) is 4.63. The van der Waals surface area contributed by atoms with E-state index in [0.29, 0.717) is 17.1 Å². The Morgan fingerprint density at radius 2 is 1.84 bits per heavy atom. The second-order valence-corrected chi connectivity index (χ2v) is 9.36. The minimum absolute atomic E-state index is 0.0475. The van der Waals surface area contributed by atoms with E-state index in [-0.39, 0.29) is 28.6 Å². The third kappa shape index (κ3) is 7.65. The zero-order chi connectivity index (χ0) is 23.3. The number of carbonyl (C=O) groups excluding carboxylic acids is 1. The first-order valence-electron chi connectivity index (χ1n) is 9.95. The maximum atomic E-state index is 12.5. The number of amides is 1. The molecule has 0 saturated heterocycles. The van der Waals surface area contributed by atoms with Crippen molar-refractivity contribution in [3.63, 3.8) is 0 Å². The zero-order valence-corrected chi connectivity index (χ0v) is 19.9. The number of hydrogen-bond acceptors (Lipinski definition) is 9. The van der Waals surface area contributed by atoms with Crippen LogP contribution in [0.1, 0.15) is 25.1 Å². The first kappa shape index (κ1) is 25.3. The SMILES string of the molecule is CCSC(SCC)C(=O)Nc1cccc(CO/N=C(\C(=N)N(C)N=N)c2ccccc2)n1. The lowest BCUT2D eigenvalue weighted by atomic mass is 10.1. The Bertz CT molecular complexity index is 935. The monoisotopic (exact) mass is 473 g/mol. The van der Waals surface area contributed by atoms with Crippen LogP contribution >= 0.6 is 23.5 Å². The molecule has 0 atom stereocenters. The maximum absolute atomic E-state index is 12.5. The molecule has 1 heterocycles. The quantitative estimate of drug-likeness (QED) is 0.136. The van der Waals surface area contributed by atoms with Crippen LogP contribution < -0.4 is 5.32 Å². The van der Waals surface area contributed by atoms with Crippen molar-refractivity contribution in [3.05, 3.63) is 59.8 Å². The Morgan fingerprint density at radius 3 is 2.47 bits per heavy atom. The summed E-state index contributed by atoms with van der Waals surface area (Å²) >= 11 is 3.18. The van der Waals surface area contributed by atoms with Crippen LogP contribution in [0.2, 0.25) is 0 Å². The van der Waals surface area contributed by atoms with E-state index in [9.17, 15) is 4.79 Å². The molecule has 0 fully saturated rings. The van der Waals surface area contributed by atoms with E-state index in [0.717, 1.165) is 16.5 Å². The van der Waals surface area contributed by atoms with Crippen molar-refractivity contribution < 1.29 is 9.63 Å². The molecule has 0 radical (unpaired) electrons. The molecule has 0 aliphatic heterocycles. The fourth-order valence-corrected chi connectivity index (χ4v) is 4.74. The third-order valence-corrected chi connectivity index (χ3v) is 6.54. The highest BCUT2D eigenvalue weighted by Gasteiger charge is 2.19. The second kappa shape index (κ2) is 13.5. The number of oxime groups is 1. The average molecular weight is 474 g/mol. The van der Waals surface area contributed by atoms with Gasteiger partial charge in [0.1, 0.15) is 10.4 Å². The fraction of sp³-hybridized carbons (Fsp3) is 0.333. The lowest BCUT2D eigenvalue weighted by molar-refractivity contribution is -0.114. The maximum Gasteiger partial charge on any atom is 0.248 e. The molecule has 11 heteroatoms. The molecule has 32 heavy (non-hydrogen) atoms. The summed E-state index contributed by atoms with van der Waals surface area (Å²) in [5.41, 5.74) is 8.61. The highest BCUT2D eigenvalue weighted by Crippen LogP contribution is 2.24. The summed E-state index contributed by atoms with van der Waals surface area (Å²) in [7, 11) is 1.49. The van der Waals surface area contributed by atoms with Gasteiger partial charge in [0.05, 0.1) is 5.69 Å². The largest absolute Gasteiger partial charge is 0.389 e. The van der Waals surface area contributed by atoms with E-state index in [1.807, 2.05) is 32.0 Å². The molecule has 0 unspecified atom stereocenters. The second-order valence-electron chi connectivity index (χ2n) is 6.30. The van der Waals surface area contributed by atoms with E-state index in [1.165, 1.54) is 7.05 Å². The molecular weight excluding hydrogens is 446 g/mol. The van der Waals surface area contributed by atoms with Crippen LogP contribution in [0.4, 0.5) is 5.82 Å². The zero-order valence-electron chi connectivity index (χ0n) is 18.2. The number of nitrogens with zero attached hydrogens (tertiary/aromatic N) is 4. The number of amidine groups is 1. The number of carbonyl (C=O) groups is 1. The van der Waals surface area contributed by atoms with Crippen molar-refractivity contribution in [1.82, 2.24) is 9.99 Å². The average Bonchev–Trinajstić information content (AvgIpc) is 2.81. The molecule has 0 saturated carbocycles. The van der Waals surface area contributed by atoms with Crippen molar-refractivity contribution in [2.75, 3.05) is 23.9 Å². The van der Waals surface area contributed by atoms with Gasteiger partial charge in [0.2, 0.25) is 5.91 Å². The van der Waals surface area contributed by atoms with Gasteiger partial charge in [0.25, 0.3) is 0 Å². The molecule has 3 N–H and O–H groups in total. The van der Waals surface area contributed by atoms with Crippen LogP contribution in [-0.4, -0.2) is 50.6 Å². The van der Waals surface area contributed by atoms with Gasteiger partial charge in [-0.3, -0.25) is 10.2 Å². The number of aromatic nitrogens is 1. The minimum atomic E-state index is -0.185. The molecule has 170 valence electrons. The molecule has 1 aromatic carbocycles. The number of rotatable bonds is 12. The summed E-state index contributed by atoms with van der Waals surface area (Å²) < 4.78 is -0.185. The smallest absolute Gasteiger partial charge is 0.248 e.